The van der Waals surface area contributed by atoms with Crippen LogP contribution in [0.5, 0.6) is 0 Å². The molecule has 14 heavy (non-hydrogen) atoms. The number of aliphatic imine (C=N–C) groups is 1. The Morgan fingerprint density at radius 2 is 2.29 bits per heavy atom. The molecule has 0 aliphatic carbocycles. The van der Waals surface area contributed by atoms with Gasteiger partial charge in [-0.1, -0.05) is 0 Å². The van der Waals surface area contributed by atoms with Crippen molar-refractivity contribution in [1.82, 2.24) is 9.58 Å². The first kappa shape index (κ1) is 7.79. The molecule has 0 radical (unpaired) electrons. The Bertz CT molecular complexity index is 427. The highest BCUT2D eigenvalue weighted by molar-refractivity contribution is 6.05. The summed E-state index contributed by atoms with van der Waals surface area (Å²) in [6, 6.07) is 4.16. The summed E-state index contributed by atoms with van der Waals surface area (Å²) in [5.41, 5.74) is 2.27. The number of fused-ring (bicyclic) bond motifs is 3. The first-order chi connectivity index (χ1) is 6.86. The van der Waals surface area contributed by atoms with E-state index in [-0.39, 0.29) is 0 Å². The Kier molecular flexibility index (Phi) is 1.50. The molecule has 0 N–H and O–H groups in total. The predicted molar refractivity (Wildman–Crippen MR) is 55.8 cm³/mol. The van der Waals surface area contributed by atoms with E-state index in [1.165, 1.54) is 0 Å². The summed E-state index contributed by atoms with van der Waals surface area (Å²) in [6.45, 7) is 4.02. The van der Waals surface area contributed by atoms with Crippen molar-refractivity contribution in [1.29, 1.82) is 0 Å². The van der Waals surface area contributed by atoms with Crippen LogP contribution in [-0.4, -0.2) is 34.8 Å². The molecule has 1 aromatic rings. The van der Waals surface area contributed by atoms with Gasteiger partial charge in [0.15, 0.2) is 5.84 Å². The molecule has 0 fully saturated rings. The van der Waals surface area contributed by atoms with Gasteiger partial charge in [0.1, 0.15) is 12.0 Å². The van der Waals surface area contributed by atoms with E-state index < -0.39 is 0 Å². The Balaban J connectivity index is 2.18. The number of rotatable bonds is 0. The Hall–Kier alpha value is -1.58. The van der Waals surface area contributed by atoms with Gasteiger partial charge in [0, 0.05) is 18.8 Å². The van der Waals surface area contributed by atoms with Crippen molar-refractivity contribution in [2.45, 2.75) is 13.3 Å². The molecule has 2 aliphatic heterocycles. The fraction of sp³-hybridized carbons (Fsp3) is 0.400. The van der Waals surface area contributed by atoms with Crippen molar-refractivity contribution in [3.8, 4) is 0 Å². The zero-order valence-corrected chi connectivity index (χ0v) is 8.14. The second-order valence-corrected chi connectivity index (χ2v) is 3.65. The van der Waals surface area contributed by atoms with Crippen LogP contribution >= 0.6 is 0 Å². The van der Waals surface area contributed by atoms with E-state index in [1.54, 1.807) is 0 Å². The van der Waals surface area contributed by atoms with E-state index >= 15 is 0 Å². The average molecular weight is 188 g/mol. The first-order valence-electron chi connectivity index (χ1n) is 4.90. The molecule has 0 unspecified atom stereocenters. The maximum atomic E-state index is 4.54. The molecule has 4 heteroatoms. The van der Waals surface area contributed by atoms with Crippen LogP contribution in [0.1, 0.15) is 17.8 Å². The van der Waals surface area contributed by atoms with Crippen molar-refractivity contribution >= 4 is 12.2 Å². The minimum Gasteiger partial charge on any atom is -0.314 e. The molecule has 0 saturated carbocycles. The number of hydrogen-bond acceptors (Lipinski definition) is 3. The average Bonchev–Trinajstić information content (AvgIpc) is 2.61. The van der Waals surface area contributed by atoms with Gasteiger partial charge in [-0.2, -0.15) is 5.10 Å². The van der Waals surface area contributed by atoms with Gasteiger partial charge in [0.25, 0.3) is 0 Å². The van der Waals surface area contributed by atoms with E-state index in [4.69, 9.17) is 0 Å². The van der Waals surface area contributed by atoms with Gasteiger partial charge in [0.2, 0.25) is 0 Å². The molecule has 0 saturated heterocycles. The van der Waals surface area contributed by atoms with E-state index in [0.29, 0.717) is 0 Å². The van der Waals surface area contributed by atoms with Crippen LogP contribution in [0.25, 0.3) is 0 Å². The van der Waals surface area contributed by atoms with Crippen molar-refractivity contribution in [3.63, 3.8) is 0 Å². The second-order valence-electron chi connectivity index (χ2n) is 3.65. The Morgan fingerprint density at radius 3 is 3.21 bits per heavy atom. The zero-order valence-electron chi connectivity index (χ0n) is 8.14. The highest BCUT2D eigenvalue weighted by Gasteiger charge is 2.22. The summed E-state index contributed by atoms with van der Waals surface area (Å²) in [7, 11) is 0. The van der Waals surface area contributed by atoms with Crippen molar-refractivity contribution in [3.05, 3.63) is 23.5 Å². The third-order valence-corrected chi connectivity index (χ3v) is 2.67. The maximum absolute atomic E-state index is 4.54. The largest absolute Gasteiger partial charge is 0.314 e. The molecular weight excluding hydrogens is 176 g/mol. The summed E-state index contributed by atoms with van der Waals surface area (Å²) in [5, 5.41) is 4.37. The summed E-state index contributed by atoms with van der Waals surface area (Å²) in [4.78, 5) is 6.66. The summed E-state index contributed by atoms with van der Waals surface area (Å²) >= 11 is 0. The summed E-state index contributed by atoms with van der Waals surface area (Å²) in [6.07, 6.45) is 2.99. The number of nitrogens with zero attached hydrogens (tertiary/aromatic N) is 4. The van der Waals surface area contributed by atoms with Crippen LogP contribution in [0.4, 0.5) is 0 Å². The molecular formula is C10H12N4. The number of amidine groups is 1. The zero-order chi connectivity index (χ0) is 9.54. The van der Waals surface area contributed by atoms with Gasteiger partial charge in [-0.25, -0.2) is 4.68 Å². The van der Waals surface area contributed by atoms with Gasteiger partial charge in [0.05, 0.1) is 0 Å². The fourth-order valence-electron chi connectivity index (χ4n) is 1.93. The number of hydrogen-bond donors (Lipinski definition) is 0. The third kappa shape index (κ3) is 0.937. The van der Waals surface area contributed by atoms with Gasteiger partial charge in [-0.05, 0) is 25.5 Å². The van der Waals surface area contributed by atoms with E-state index in [2.05, 4.69) is 34.1 Å². The van der Waals surface area contributed by atoms with Crippen LogP contribution in [0.2, 0.25) is 0 Å². The Morgan fingerprint density at radius 1 is 1.36 bits per heavy atom. The fourth-order valence-corrected chi connectivity index (χ4v) is 1.93. The van der Waals surface area contributed by atoms with E-state index in [0.717, 1.165) is 36.7 Å². The van der Waals surface area contributed by atoms with Crippen molar-refractivity contribution < 1.29 is 0 Å². The third-order valence-electron chi connectivity index (χ3n) is 2.67. The molecule has 1 aromatic heterocycles. The van der Waals surface area contributed by atoms with Crippen LogP contribution < -0.4 is 0 Å². The number of aromatic nitrogens is 1. The summed E-state index contributed by atoms with van der Waals surface area (Å²) in [5.74, 6) is 1.07. The molecule has 0 atom stereocenters. The monoisotopic (exact) mass is 188 g/mol. The SMILES string of the molecule is Cc1ccc2n1N=CN1CCCN=C21. The van der Waals surface area contributed by atoms with Gasteiger partial charge in [-0.3, -0.25) is 4.99 Å². The molecule has 0 bridgehead atoms. The second kappa shape index (κ2) is 2.70. The molecule has 0 amide bonds. The van der Waals surface area contributed by atoms with E-state index in [9.17, 15) is 0 Å². The van der Waals surface area contributed by atoms with Crippen LogP contribution in [-0.2, 0) is 0 Å². The molecule has 0 spiro atoms. The molecule has 3 rings (SSSR count). The molecule has 4 nitrogen and oxygen atoms in total. The lowest BCUT2D eigenvalue weighted by atomic mass is 10.2. The smallest absolute Gasteiger partial charge is 0.155 e. The topological polar surface area (TPSA) is 32.9 Å². The first-order valence-corrected chi connectivity index (χ1v) is 4.90. The summed E-state index contributed by atoms with van der Waals surface area (Å²) < 4.78 is 1.95. The lowest BCUT2D eigenvalue weighted by Gasteiger charge is -2.28. The Labute approximate surface area is 82.5 Å². The van der Waals surface area contributed by atoms with Crippen LogP contribution in [0.15, 0.2) is 22.2 Å². The van der Waals surface area contributed by atoms with Gasteiger partial charge >= 0.3 is 0 Å². The van der Waals surface area contributed by atoms with Crippen LogP contribution in [0, 0.1) is 6.92 Å². The molecule has 2 aliphatic rings. The quantitative estimate of drug-likeness (QED) is 0.599. The van der Waals surface area contributed by atoms with Gasteiger partial charge in [-0.15, -0.1) is 0 Å². The lowest BCUT2D eigenvalue weighted by molar-refractivity contribution is 0.539. The van der Waals surface area contributed by atoms with E-state index in [1.807, 2.05) is 11.0 Å². The minimum absolute atomic E-state index is 0.934. The highest BCUT2D eigenvalue weighted by atomic mass is 15.4. The lowest BCUT2D eigenvalue weighted by Crippen LogP contribution is -2.39. The van der Waals surface area contributed by atoms with Crippen molar-refractivity contribution in [2.24, 2.45) is 10.1 Å². The standard InChI is InChI=1S/C10H12N4/c1-8-3-4-9-10-11-5-2-6-13(10)7-12-14(8)9/h3-4,7H,2,5-6H2,1H3. The maximum Gasteiger partial charge on any atom is 0.155 e. The van der Waals surface area contributed by atoms with Crippen molar-refractivity contribution in [2.75, 3.05) is 13.1 Å². The van der Waals surface area contributed by atoms with Crippen LogP contribution in [0.3, 0.4) is 0 Å². The molecule has 0 aromatic carbocycles. The normalized spacial score (nSPS) is 18.9. The highest BCUT2D eigenvalue weighted by Crippen LogP contribution is 2.17. The van der Waals surface area contributed by atoms with Gasteiger partial charge < -0.3 is 4.90 Å². The minimum atomic E-state index is 0.934. The predicted octanol–water partition coefficient (Wildman–Crippen LogP) is 1.05. The molecule has 72 valence electrons. The molecule has 3 heterocycles. The number of aryl methyl sites for hydroxylation is 1.